The Hall–Kier alpha value is -3.23. The highest BCUT2D eigenvalue weighted by Crippen LogP contribution is 2.29. The minimum absolute atomic E-state index is 0.0423. The maximum atomic E-state index is 13.6. The summed E-state index contributed by atoms with van der Waals surface area (Å²) in [5, 5.41) is 3.37. The Bertz CT molecular complexity index is 1030. The molecule has 3 N–H and O–H groups in total. The molecule has 1 saturated carbocycles. The summed E-state index contributed by atoms with van der Waals surface area (Å²) in [4.78, 5) is 25.0. The predicted molar refractivity (Wildman–Crippen MR) is 107 cm³/mol. The summed E-state index contributed by atoms with van der Waals surface area (Å²) < 4.78 is 20.4. The number of nitrogens with two attached hydrogens (primary N) is 1. The smallest absolute Gasteiger partial charge is 0.308 e. The third kappa shape index (κ3) is 3.98. The van der Waals surface area contributed by atoms with Gasteiger partial charge in [0.1, 0.15) is 17.2 Å². The van der Waals surface area contributed by atoms with Crippen molar-refractivity contribution in [1.29, 1.82) is 0 Å². The van der Waals surface area contributed by atoms with Gasteiger partial charge in [-0.15, -0.1) is 0 Å². The molecule has 4 rings (SSSR count). The number of hydrogen-bond donors (Lipinski definition) is 2. The van der Waals surface area contributed by atoms with Gasteiger partial charge >= 0.3 is 5.97 Å². The number of aromatic nitrogens is 4. The van der Waals surface area contributed by atoms with E-state index in [1.165, 1.54) is 18.5 Å². The van der Waals surface area contributed by atoms with E-state index in [0.717, 1.165) is 25.7 Å². The van der Waals surface area contributed by atoms with E-state index in [9.17, 15) is 9.18 Å². The summed E-state index contributed by atoms with van der Waals surface area (Å²) in [6, 6.07) is 3.11. The third-order valence-electron chi connectivity index (χ3n) is 5.20. The lowest BCUT2D eigenvalue weighted by molar-refractivity contribution is -0.149. The van der Waals surface area contributed by atoms with Crippen LogP contribution < -0.4 is 11.1 Å². The van der Waals surface area contributed by atoms with E-state index in [2.05, 4.69) is 20.3 Å². The van der Waals surface area contributed by atoms with Gasteiger partial charge in [0, 0.05) is 12.2 Å². The average molecular weight is 398 g/mol. The summed E-state index contributed by atoms with van der Waals surface area (Å²) in [5.74, 6) is 0.402. The lowest BCUT2D eigenvalue weighted by Crippen LogP contribution is -2.30. The second kappa shape index (κ2) is 8.02. The van der Waals surface area contributed by atoms with Gasteiger partial charge < -0.3 is 15.8 Å². The summed E-state index contributed by atoms with van der Waals surface area (Å²) in [6.45, 7) is 2.23. The normalized spacial score (nSPS) is 19.2. The van der Waals surface area contributed by atoms with Crippen LogP contribution in [-0.2, 0) is 9.53 Å². The number of rotatable bonds is 5. The first kappa shape index (κ1) is 19.1. The zero-order chi connectivity index (χ0) is 20.4. The Labute approximate surface area is 167 Å². The number of hydrogen-bond acceptors (Lipinski definition) is 7. The van der Waals surface area contributed by atoms with Crippen LogP contribution in [-0.4, -0.2) is 38.0 Å². The minimum Gasteiger partial charge on any atom is -0.466 e. The van der Waals surface area contributed by atoms with E-state index in [1.54, 1.807) is 16.7 Å². The van der Waals surface area contributed by atoms with Gasteiger partial charge in [0.05, 0.1) is 30.6 Å². The van der Waals surface area contributed by atoms with Crippen molar-refractivity contribution in [1.82, 2.24) is 19.4 Å². The largest absolute Gasteiger partial charge is 0.466 e. The number of fused-ring (bicyclic) bond motifs is 1. The van der Waals surface area contributed by atoms with Gasteiger partial charge in [-0.3, -0.25) is 9.20 Å². The molecule has 29 heavy (non-hydrogen) atoms. The highest BCUT2D eigenvalue weighted by atomic mass is 19.1. The zero-order valence-electron chi connectivity index (χ0n) is 16.1. The van der Waals surface area contributed by atoms with Crippen LogP contribution in [0.4, 0.5) is 15.9 Å². The quantitative estimate of drug-likeness (QED) is 0.636. The van der Waals surface area contributed by atoms with Crippen LogP contribution in [0.3, 0.4) is 0 Å². The number of nitrogens with zero attached hydrogens (tertiary/aromatic N) is 4. The Balaban J connectivity index is 1.51. The van der Waals surface area contributed by atoms with Crippen LogP contribution in [0.25, 0.3) is 17.2 Å². The first-order chi connectivity index (χ1) is 14.0. The molecular formula is C20H23FN6O2. The number of ether oxygens (including phenoxy) is 1. The average Bonchev–Trinajstić information content (AvgIpc) is 3.13. The minimum atomic E-state index is -0.371. The number of pyridine rings is 1. The fourth-order valence-corrected chi connectivity index (χ4v) is 3.68. The van der Waals surface area contributed by atoms with Crippen molar-refractivity contribution in [2.45, 2.75) is 38.6 Å². The number of esters is 1. The summed E-state index contributed by atoms with van der Waals surface area (Å²) in [6.07, 6.45) is 7.66. The van der Waals surface area contributed by atoms with Crippen LogP contribution in [0.5, 0.6) is 0 Å². The Kier molecular flexibility index (Phi) is 5.28. The molecule has 0 unspecified atom stereocenters. The third-order valence-corrected chi connectivity index (χ3v) is 5.20. The number of carbonyl (C=O) groups is 1. The molecule has 0 atom stereocenters. The second-order valence-corrected chi connectivity index (χ2v) is 7.16. The number of anilines is 2. The van der Waals surface area contributed by atoms with Crippen LogP contribution in [0, 0.1) is 11.7 Å². The van der Waals surface area contributed by atoms with Gasteiger partial charge in [-0.25, -0.2) is 19.3 Å². The van der Waals surface area contributed by atoms with Crippen molar-refractivity contribution in [2.24, 2.45) is 5.92 Å². The maximum absolute atomic E-state index is 13.6. The van der Waals surface area contributed by atoms with E-state index >= 15 is 0 Å². The van der Waals surface area contributed by atoms with Gasteiger partial charge in [-0.05, 0) is 44.7 Å². The van der Waals surface area contributed by atoms with Crippen LogP contribution in [0.1, 0.15) is 32.6 Å². The molecule has 152 valence electrons. The molecule has 0 saturated heterocycles. The fraction of sp³-hybridized carbons (Fsp3) is 0.400. The lowest BCUT2D eigenvalue weighted by Gasteiger charge is -2.28. The first-order valence-corrected chi connectivity index (χ1v) is 9.73. The van der Waals surface area contributed by atoms with Gasteiger partial charge in [0.2, 0.25) is 0 Å². The predicted octanol–water partition coefficient (Wildman–Crippen LogP) is 3.05. The van der Waals surface area contributed by atoms with E-state index in [4.69, 9.17) is 10.5 Å². The lowest BCUT2D eigenvalue weighted by atomic mass is 9.86. The zero-order valence-corrected chi connectivity index (χ0v) is 16.1. The van der Waals surface area contributed by atoms with E-state index in [1.807, 2.05) is 6.92 Å². The number of nitrogen functional groups attached to an aromatic ring is 1. The van der Waals surface area contributed by atoms with Crippen molar-refractivity contribution < 1.29 is 13.9 Å². The van der Waals surface area contributed by atoms with E-state index < -0.39 is 0 Å². The van der Waals surface area contributed by atoms with Crippen molar-refractivity contribution in [3.8, 4) is 11.5 Å². The summed E-state index contributed by atoms with van der Waals surface area (Å²) >= 11 is 0. The molecular weight excluding hydrogens is 375 g/mol. The molecule has 8 nitrogen and oxygen atoms in total. The van der Waals surface area contributed by atoms with Crippen LogP contribution in [0.2, 0.25) is 0 Å². The highest BCUT2D eigenvalue weighted by Gasteiger charge is 2.27. The number of imidazole rings is 1. The number of nitrogens with one attached hydrogen (secondary N) is 1. The van der Waals surface area contributed by atoms with Crippen molar-refractivity contribution in [3.63, 3.8) is 0 Å². The number of halogens is 1. The standard InChI is InChI=1S/C20H23FN6O2/c1-2-29-20(28)12-3-6-14(7-4-12)25-18-15(22)9-24-19(26-18)16-10-23-17-8-5-13(21)11-27(16)17/h5,8-12,14H,2-4,6-7,22H2,1H3,(H,24,25,26)/t12-,14-. The molecule has 3 aromatic rings. The number of carbonyl (C=O) groups excluding carboxylic acids is 1. The van der Waals surface area contributed by atoms with E-state index in [0.29, 0.717) is 35.3 Å². The molecule has 0 radical (unpaired) electrons. The van der Waals surface area contributed by atoms with Gasteiger partial charge in [-0.1, -0.05) is 0 Å². The van der Waals surface area contributed by atoms with Crippen molar-refractivity contribution in [3.05, 3.63) is 36.5 Å². The summed E-state index contributed by atoms with van der Waals surface area (Å²) in [7, 11) is 0. The summed E-state index contributed by atoms with van der Waals surface area (Å²) in [5.41, 5.74) is 7.68. The SMILES string of the molecule is CCOC(=O)[C@H]1CC[C@H](Nc2nc(-c3cnc4ccc(F)cn34)ncc2N)CC1. The molecule has 0 aliphatic heterocycles. The highest BCUT2D eigenvalue weighted by molar-refractivity contribution is 5.72. The Morgan fingerprint density at radius 3 is 2.83 bits per heavy atom. The maximum Gasteiger partial charge on any atom is 0.308 e. The first-order valence-electron chi connectivity index (χ1n) is 9.73. The molecule has 0 aromatic carbocycles. The van der Waals surface area contributed by atoms with Gasteiger partial charge in [0.25, 0.3) is 0 Å². The molecule has 3 heterocycles. The van der Waals surface area contributed by atoms with Crippen molar-refractivity contribution in [2.75, 3.05) is 17.7 Å². The topological polar surface area (TPSA) is 107 Å². The molecule has 1 aliphatic carbocycles. The second-order valence-electron chi connectivity index (χ2n) is 7.16. The fourth-order valence-electron chi connectivity index (χ4n) is 3.68. The molecule has 9 heteroatoms. The van der Waals surface area contributed by atoms with Crippen LogP contribution >= 0.6 is 0 Å². The molecule has 0 bridgehead atoms. The molecule has 3 aromatic heterocycles. The Morgan fingerprint density at radius 2 is 2.07 bits per heavy atom. The van der Waals surface area contributed by atoms with E-state index in [-0.39, 0.29) is 23.7 Å². The molecule has 0 amide bonds. The van der Waals surface area contributed by atoms with Crippen molar-refractivity contribution >= 4 is 23.1 Å². The molecule has 1 aliphatic rings. The molecule has 1 fully saturated rings. The molecule has 0 spiro atoms. The Morgan fingerprint density at radius 1 is 1.28 bits per heavy atom. The van der Waals surface area contributed by atoms with Crippen LogP contribution in [0.15, 0.2) is 30.7 Å². The van der Waals surface area contributed by atoms with Gasteiger partial charge in [-0.2, -0.15) is 0 Å². The van der Waals surface area contributed by atoms with Gasteiger partial charge in [0.15, 0.2) is 11.6 Å². The monoisotopic (exact) mass is 398 g/mol.